The molecule has 1 aromatic heterocycles. The summed E-state index contributed by atoms with van der Waals surface area (Å²) >= 11 is 0. The number of fused-ring (bicyclic) bond motifs is 1. The Balaban J connectivity index is 1.54. The van der Waals surface area contributed by atoms with Crippen LogP contribution < -0.4 is 5.32 Å². The average molecular weight is 341 g/mol. The molecule has 0 saturated carbocycles. The molecule has 2 aliphatic heterocycles. The SMILES string of the molecule is CCc1ccccc1Nc1noc2c1CN(C(=O)[C@@H]1CCCO1)CC2. The molecule has 1 N–H and O–H groups in total. The normalized spacial score (nSPS) is 19.7. The molecule has 6 heteroatoms. The molecule has 3 heterocycles. The Morgan fingerprint density at radius 2 is 2.28 bits per heavy atom. The van der Waals surface area contributed by atoms with E-state index < -0.39 is 0 Å². The van der Waals surface area contributed by atoms with Gasteiger partial charge >= 0.3 is 0 Å². The lowest BCUT2D eigenvalue weighted by Gasteiger charge is -2.28. The Kier molecular flexibility index (Phi) is 4.44. The highest BCUT2D eigenvalue weighted by Crippen LogP contribution is 2.30. The van der Waals surface area contributed by atoms with Crippen molar-refractivity contribution < 1.29 is 14.1 Å². The molecule has 6 nitrogen and oxygen atoms in total. The fourth-order valence-corrected chi connectivity index (χ4v) is 3.55. The third kappa shape index (κ3) is 3.14. The van der Waals surface area contributed by atoms with Crippen molar-refractivity contribution in [3.63, 3.8) is 0 Å². The molecule has 25 heavy (non-hydrogen) atoms. The maximum atomic E-state index is 12.6. The minimum Gasteiger partial charge on any atom is -0.368 e. The van der Waals surface area contributed by atoms with Gasteiger partial charge in [-0.2, -0.15) is 0 Å². The molecular weight excluding hydrogens is 318 g/mol. The van der Waals surface area contributed by atoms with Gasteiger partial charge in [0.1, 0.15) is 11.9 Å². The first-order valence-electron chi connectivity index (χ1n) is 8.99. The van der Waals surface area contributed by atoms with Crippen molar-refractivity contribution in [2.45, 2.75) is 45.3 Å². The first-order valence-corrected chi connectivity index (χ1v) is 8.99. The third-order valence-corrected chi connectivity index (χ3v) is 5.00. The summed E-state index contributed by atoms with van der Waals surface area (Å²) in [5, 5.41) is 7.59. The number of nitrogens with zero attached hydrogens (tertiary/aromatic N) is 2. The van der Waals surface area contributed by atoms with Crippen LogP contribution in [0.5, 0.6) is 0 Å². The number of hydrogen-bond acceptors (Lipinski definition) is 5. The average Bonchev–Trinajstić information content (AvgIpc) is 3.32. The van der Waals surface area contributed by atoms with Gasteiger partial charge in [0.2, 0.25) is 0 Å². The lowest BCUT2D eigenvalue weighted by atomic mass is 10.1. The molecule has 2 aliphatic rings. The van der Waals surface area contributed by atoms with Crippen molar-refractivity contribution in [1.82, 2.24) is 10.1 Å². The highest BCUT2D eigenvalue weighted by Gasteiger charge is 2.33. The number of ether oxygens (including phenoxy) is 1. The van der Waals surface area contributed by atoms with Gasteiger partial charge in [0.05, 0.1) is 12.1 Å². The summed E-state index contributed by atoms with van der Waals surface area (Å²) in [6.45, 7) is 3.99. The Hall–Kier alpha value is -2.34. The molecule has 1 fully saturated rings. The van der Waals surface area contributed by atoms with Crippen LogP contribution in [0.1, 0.15) is 36.7 Å². The number of benzene rings is 1. The molecule has 2 aromatic rings. The fraction of sp³-hybridized carbons (Fsp3) is 0.474. The molecule has 0 radical (unpaired) electrons. The lowest BCUT2D eigenvalue weighted by molar-refractivity contribution is -0.141. The van der Waals surface area contributed by atoms with Crippen LogP contribution >= 0.6 is 0 Å². The largest absolute Gasteiger partial charge is 0.368 e. The predicted molar refractivity (Wildman–Crippen MR) is 93.7 cm³/mol. The summed E-state index contributed by atoms with van der Waals surface area (Å²) in [6.07, 6.45) is 3.13. The van der Waals surface area contributed by atoms with Gasteiger partial charge in [-0.1, -0.05) is 30.3 Å². The lowest BCUT2D eigenvalue weighted by Crippen LogP contribution is -2.41. The number of rotatable bonds is 4. The van der Waals surface area contributed by atoms with Crippen molar-refractivity contribution >= 4 is 17.4 Å². The summed E-state index contributed by atoms with van der Waals surface area (Å²) in [4.78, 5) is 14.5. The topological polar surface area (TPSA) is 67.6 Å². The van der Waals surface area contributed by atoms with Crippen LogP contribution in [-0.4, -0.2) is 35.2 Å². The van der Waals surface area contributed by atoms with Crippen molar-refractivity contribution in [1.29, 1.82) is 0 Å². The van der Waals surface area contributed by atoms with Crippen LogP contribution in [-0.2, 0) is 28.9 Å². The van der Waals surface area contributed by atoms with Crippen LogP contribution in [0.2, 0.25) is 0 Å². The number of nitrogens with one attached hydrogen (secondary N) is 1. The van der Waals surface area contributed by atoms with E-state index in [1.807, 2.05) is 23.1 Å². The zero-order valence-electron chi connectivity index (χ0n) is 14.5. The number of para-hydroxylation sites is 1. The molecule has 4 rings (SSSR count). The molecule has 1 atom stereocenters. The third-order valence-electron chi connectivity index (χ3n) is 5.00. The van der Waals surface area contributed by atoms with E-state index in [1.165, 1.54) is 5.56 Å². The number of carbonyl (C=O) groups is 1. The summed E-state index contributed by atoms with van der Waals surface area (Å²) < 4.78 is 11.1. The molecule has 0 spiro atoms. The summed E-state index contributed by atoms with van der Waals surface area (Å²) in [6, 6.07) is 8.17. The molecule has 1 saturated heterocycles. The van der Waals surface area contributed by atoms with Gasteiger partial charge < -0.3 is 19.5 Å². The number of hydrogen-bond donors (Lipinski definition) is 1. The van der Waals surface area contributed by atoms with Crippen LogP contribution in [0.3, 0.4) is 0 Å². The highest BCUT2D eigenvalue weighted by molar-refractivity contribution is 5.81. The highest BCUT2D eigenvalue weighted by atomic mass is 16.5. The van der Waals surface area contributed by atoms with Crippen LogP contribution in [0.25, 0.3) is 0 Å². The Bertz CT molecular complexity index is 765. The van der Waals surface area contributed by atoms with E-state index >= 15 is 0 Å². The van der Waals surface area contributed by atoms with Gasteiger partial charge in [-0.25, -0.2) is 0 Å². The van der Waals surface area contributed by atoms with Crippen molar-refractivity contribution in [2.75, 3.05) is 18.5 Å². The standard InChI is InChI=1S/C19H23N3O3/c1-2-13-6-3-4-7-15(13)20-18-14-12-22(10-9-16(14)25-21-18)19(23)17-8-5-11-24-17/h3-4,6-7,17H,2,5,8-12H2,1H3,(H,20,21)/t17-/m0/s1. The monoisotopic (exact) mass is 341 g/mol. The number of amides is 1. The van der Waals surface area contributed by atoms with Gasteiger partial charge in [0, 0.05) is 25.3 Å². The molecule has 0 unspecified atom stereocenters. The second kappa shape index (κ2) is 6.88. The second-order valence-corrected chi connectivity index (χ2v) is 6.58. The van der Waals surface area contributed by atoms with E-state index in [4.69, 9.17) is 9.26 Å². The van der Waals surface area contributed by atoms with Gasteiger partial charge in [-0.05, 0) is 30.9 Å². The van der Waals surface area contributed by atoms with Gasteiger partial charge in [0.25, 0.3) is 5.91 Å². The first-order chi connectivity index (χ1) is 12.3. The van der Waals surface area contributed by atoms with Crippen molar-refractivity contribution in [3.05, 3.63) is 41.2 Å². The summed E-state index contributed by atoms with van der Waals surface area (Å²) in [7, 11) is 0. The molecule has 0 aliphatic carbocycles. The first kappa shape index (κ1) is 16.1. The number of aryl methyl sites for hydroxylation is 1. The van der Waals surface area contributed by atoms with Gasteiger partial charge in [0.15, 0.2) is 5.82 Å². The quantitative estimate of drug-likeness (QED) is 0.926. The van der Waals surface area contributed by atoms with E-state index in [0.717, 1.165) is 36.3 Å². The van der Waals surface area contributed by atoms with Crippen LogP contribution in [0, 0.1) is 0 Å². The van der Waals surface area contributed by atoms with Crippen LogP contribution in [0.4, 0.5) is 11.5 Å². The van der Waals surface area contributed by atoms with E-state index in [9.17, 15) is 4.79 Å². The predicted octanol–water partition coefficient (Wildman–Crippen LogP) is 3.04. The van der Waals surface area contributed by atoms with E-state index in [-0.39, 0.29) is 12.0 Å². The molecule has 0 bridgehead atoms. The van der Waals surface area contributed by atoms with Gasteiger partial charge in [-0.15, -0.1) is 0 Å². The Morgan fingerprint density at radius 3 is 3.08 bits per heavy atom. The molecular formula is C19H23N3O3. The smallest absolute Gasteiger partial charge is 0.252 e. The number of aromatic nitrogens is 1. The molecule has 1 amide bonds. The summed E-state index contributed by atoms with van der Waals surface area (Å²) in [5.74, 6) is 1.66. The van der Waals surface area contributed by atoms with Crippen LogP contribution in [0.15, 0.2) is 28.8 Å². The number of anilines is 2. The Morgan fingerprint density at radius 1 is 1.40 bits per heavy atom. The molecule has 132 valence electrons. The maximum Gasteiger partial charge on any atom is 0.252 e. The molecule has 1 aromatic carbocycles. The zero-order chi connectivity index (χ0) is 17.2. The summed E-state index contributed by atoms with van der Waals surface area (Å²) in [5.41, 5.74) is 3.23. The fourth-order valence-electron chi connectivity index (χ4n) is 3.55. The van der Waals surface area contributed by atoms with E-state index in [0.29, 0.717) is 31.9 Å². The zero-order valence-corrected chi connectivity index (χ0v) is 14.5. The minimum atomic E-state index is -0.279. The van der Waals surface area contributed by atoms with E-state index in [1.54, 1.807) is 0 Å². The number of carbonyl (C=O) groups excluding carboxylic acids is 1. The maximum absolute atomic E-state index is 12.6. The van der Waals surface area contributed by atoms with E-state index in [2.05, 4.69) is 23.5 Å². The Labute approximate surface area is 147 Å². The van der Waals surface area contributed by atoms with Crippen molar-refractivity contribution in [2.24, 2.45) is 0 Å². The minimum absolute atomic E-state index is 0.0873. The van der Waals surface area contributed by atoms with Crippen molar-refractivity contribution in [3.8, 4) is 0 Å². The second-order valence-electron chi connectivity index (χ2n) is 6.58. The van der Waals surface area contributed by atoms with Gasteiger partial charge in [-0.3, -0.25) is 4.79 Å².